The van der Waals surface area contributed by atoms with Crippen LogP contribution in [0.5, 0.6) is 0 Å². The summed E-state index contributed by atoms with van der Waals surface area (Å²) in [5, 5.41) is 9.04. The number of thiazole rings is 1. The van der Waals surface area contributed by atoms with E-state index in [0.29, 0.717) is 23.8 Å². The maximum Gasteiger partial charge on any atom is 0.321 e. The molecule has 0 saturated heterocycles. The molecule has 0 aliphatic carbocycles. The Bertz CT molecular complexity index is 1030. The second-order valence-electron chi connectivity index (χ2n) is 7.00. The molecule has 0 atom stereocenters. The van der Waals surface area contributed by atoms with Crippen molar-refractivity contribution in [3.8, 4) is 0 Å². The van der Waals surface area contributed by atoms with E-state index in [1.165, 1.54) is 11.3 Å². The van der Waals surface area contributed by atoms with Gasteiger partial charge in [0.1, 0.15) is 0 Å². The van der Waals surface area contributed by atoms with E-state index in [1.807, 2.05) is 32.0 Å². The molecule has 0 spiro atoms. The molecule has 1 heterocycles. The number of amides is 3. The van der Waals surface area contributed by atoms with Gasteiger partial charge in [0, 0.05) is 31.5 Å². The molecule has 30 heavy (non-hydrogen) atoms. The molecule has 8 heteroatoms. The Labute approximate surface area is 179 Å². The maximum atomic E-state index is 12.7. The Morgan fingerprint density at radius 3 is 2.57 bits per heavy atom. The number of nitrogens with zero attached hydrogens (tertiary/aromatic N) is 1. The number of para-hydroxylation sites is 1. The van der Waals surface area contributed by atoms with Crippen LogP contribution in [0.4, 0.5) is 15.6 Å². The Morgan fingerprint density at radius 2 is 1.83 bits per heavy atom. The number of urea groups is 1. The van der Waals surface area contributed by atoms with Gasteiger partial charge in [-0.15, -0.1) is 0 Å². The predicted octanol–water partition coefficient (Wildman–Crippen LogP) is 4.71. The zero-order chi connectivity index (χ0) is 21.5. The van der Waals surface area contributed by atoms with Gasteiger partial charge in [-0.05, 0) is 56.0 Å². The van der Waals surface area contributed by atoms with Crippen molar-refractivity contribution in [2.45, 2.75) is 26.7 Å². The molecular formula is C22H26N4O3S. The van der Waals surface area contributed by atoms with Crippen molar-refractivity contribution >= 4 is 44.3 Å². The average Bonchev–Trinajstić information content (AvgIpc) is 3.11. The molecule has 3 N–H and O–H groups in total. The van der Waals surface area contributed by atoms with E-state index >= 15 is 0 Å². The summed E-state index contributed by atoms with van der Waals surface area (Å²) in [5.41, 5.74) is 4.14. The summed E-state index contributed by atoms with van der Waals surface area (Å²) in [6, 6.07) is 10.9. The first kappa shape index (κ1) is 21.7. The van der Waals surface area contributed by atoms with Gasteiger partial charge < -0.3 is 15.4 Å². The molecular weight excluding hydrogens is 400 g/mol. The highest BCUT2D eigenvalue weighted by molar-refractivity contribution is 7.22. The Hall–Kier alpha value is -2.97. The average molecular weight is 427 g/mol. The molecule has 0 aliphatic heterocycles. The molecule has 3 rings (SSSR count). The minimum Gasteiger partial charge on any atom is -0.385 e. The van der Waals surface area contributed by atoms with Crippen molar-refractivity contribution in [1.82, 2.24) is 10.3 Å². The van der Waals surface area contributed by atoms with Crippen molar-refractivity contribution in [2.75, 3.05) is 30.9 Å². The maximum absolute atomic E-state index is 12.7. The van der Waals surface area contributed by atoms with Gasteiger partial charge in [-0.1, -0.05) is 29.5 Å². The molecule has 0 radical (unpaired) electrons. The summed E-state index contributed by atoms with van der Waals surface area (Å²) >= 11 is 1.33. The van der Waals surface area contributed by atoms with Gasteiger partial charge >= 0.3 is 6.03 Å². The second kappa shape index (κ2) is 10.2. The van der Waals surface area contributed by atoms with Crippen molar-refractivity contribution in [1.29, 1.82) is 0 Å². The summed E-state index contributed by atoms with van der Waals surface area (Å²) < 4.78 is 5.82. The number of carbonyl (C=O) groups excluding carboxylic acids is 2. The van der Waals surface area contributed by atoms with E-state index in [2.05, 4.69) is 20.9 Å². The van der Waals surface area contributed by atoms with E-state index in [9.17, 15) is 9.59 Å². The second-order valence-corrected chi connectivity index (χ2v) is 8.03. The Balaban J connectivity index is 1.64. The minimum atomic E-state index is -0.292. The highest BCUT2D eigenvalue weighted by atomic mass is 32.1. The van der Waals surface area contributed by atoms with Crippen LogP contribution < -0.4 is 16.0 Å². The summed E-state index contributed by atoms with van der Waals surface area (Å²) in [4.78, 5) is 29.2. The lowest BCUT2D eigenvalue weighted by atomic mass is 10.1. The van der Waals surface area contributed by atoms with E-state index in [4.69, 9.17) is 4.74 Å². The number of methoxy groups -OCH3 is 1. The predicted molar refractivity (Wildman–Crippen MR) is 122 cm³/mol. The summed E-state index contributed by atoms with van der Waals surface area (Å²) in [7, 11) is 1.66. The lowest BCUT2D eigenvalue weighted by Crippen LogP contribution is -2.29. The zero-order valence-electron chi connectivity index (χ0n) is 17.4. The Kier molecular flexibility index (Phi) is 7.37. The van der Waals surface area contributed by atoms with Crippen LogP contribution in [-0.4, -0.2) is 37.2 Å². The molecule has 158 valence electrons. The quantitative estimate of drug-likeness (QED) is 0.455. The number of aryl methyl sites for hydroxylation is 2. The first-order valence-electron chi connectivity index (χ1n) is 9.80. The van der Waals surface area contributed by atoms with Crippen LogP contribution in [0.15, 0.2) is 36.4 Å². The molecule has 3 amide bonds. The monoisotopic (exact) mass is 426 g/mol. The standard InChI is InChI=1S/C22H26N4O3S/c1-14-7-6-8-15(2)19(14)25-20(27)16-9-10-17-18(13-16)30-22(24-17)26-21(28)23-11-4-5-12-29-3/h6-10,13H,4-5,11-12H2,1-3H3,(H,25,27)(H2,23,24,26,28). The first-order valence-corrected chi connectivity index (χ1v) is 10.6. The lowest BCUT2D eigenvalue weighted by Gasteiger charge is -2.11. The molecule has 0 aliphatic rings. The molecule has 2 aromatic carbocycles. The summed E-state index contributed by atoms with van der Waals surface area (Å²) in [6.07, 6.45) is 1.74. The molecule has 0 fully saturated rings. The van der Waals surface area contributed by atoms with Crippen molar-refractivity contribution < 1.29 is 14.3 Å². The number of benzene rings is 2. The number of hydrogen-bond donors (Lipinski definition) is 3. The van der Waals surface area contributed by atoms with Gasteiger partial charge in [-0.3, -0.25) is 10.1 Å². The molecule has 7 nitrogen and oxygen atoms in total. The number of rotatable bonds is 8. The highest BCUT2D eigenvalue weighted by Gasteiger charge is 2.13. The third-order valence-electron chi connectivity index (χ3n) is 4.65. The molecule has 3 aromatic rings. The molecule has 0 unspecified atom stereocenters. The van der Waals surface area contributed by atoms with Crippen molar-refractivity contribution in [2.24, 2.45) is 0 Å². The molecule has 0 saturated carbocycles. The van der Waals surface area contributed by atoms with E-state index in [-0.39, 0.29) is 11.9 Å². The fourth-order valence-electron chi connectivity index (χ4n) is 3.03. The number of unbranched alkanes of at least 4 members (excludes halogenated alkanes) is 1. The van der Waals surface area contributed by atoms with Gasteiger partial charge in [0.15, 0.2) is 5.13 Å². The van der Waals surface area contributed by atoms with Crippen LogP contribution in [-0.2, 0) is 4.74 Å². The Morgan fingerprint density at radius 1 is 1.07 bits per heavy atom. The molecule has 0 bridgehead atoms. The van der Waals surface area contributed by atoms with E-state index in [1.54, 1.807) is 25.3 Å². The lowest BCUT2D eigenvalue weighted by molar-refractivity contribution is 0.102. The summed E-state index contributed by atoms with van der Waals surface area (Å²) in [5.74, 6) is -0.175. The van der Waals surface area contributed by atoms with E-state index < -0.39 is 0 Å². The van der Waals surface area contributed by atoms with Crippen LogP contribution in [0.1, 0.15) is 34.3 Å². The van der Waals surface area contributed by atoms with Gasteiger partial charge in [-0.2, -0.15) is 0 Å². The molecule has 1 aromatic heterocycles. The number of nitrogens with one attached hydrogen (secondary N) is 3. The van der Waals surface area contributed by atoms with E-state index in [0.717, 1.165) is 39.9 Å². The number of fused-ring (bicyclic) bond motifs is 1. The van der Waals surface area contributed by atoms with Crippen molar-refractivity contribution in [3.05, 3.63) is 53.1 Å². The smallest absolute Gasteiger partial charge is 0.321 e. The van der Waals surface area contributed by atoms with Gasteiger partial charge in [0.05, 0.1) is 10.2 Å². The van der Waals surface area contributed by atoms with Crippen LogP contribution in [0.2, 0.25) is 0 Å². The third kappa shape index (κ3) is 5.55. The number of ether oxygens (including phenoxy) is 1. The largest absolute Gasteiger partial charge is 0.385 e. The number of hydrogen-bond acceptors (Lipinski definition) is 5. The van der Waals surface area contributed by atoms with Crippen LogP contribution in [0.25, 0.3) is 10.2 Å². The third-order valence-corrected chi connectivity index (χ3v) is 5.59. The highest BCUT2D eigenvalue weighted by Crippen LogP contribution is 2.27. The van der Waals surface area contributed by atoms with Crippen LogP contribution >= 0.6 is 11.3 Å². The van der Waals surface area contributed by atoms with Gasteiger partial charge in [0.2, 0.25) is 0 Å². The fraction of sp³-hybridized carbons (Fsp3) is 0.318. The summed E-state index contributed by atoms with van der Waals surface area (Å²) in [6.45, 7) is 5.19. The SMILES string of the molecule is COCCCCNC(=O)Nc1nc2ccc(C(=O)Nc3c(C)cccc3C)cc2s1. The van der Waals surface area contributed by atoms with Crippen molar-refractivity contribution in [3.63, 3.8) is 0 Å². The number of anilines is 2. The number of aromatic nitrogens is 1. The van der Waals surface area contributed by atoms with Gasteiger partial charge in [0.25, 0.3) is 5.91 Å². The minimum absolute atomic E-state index is 0.175. The fourth-order valence-corrected chi connectivity index (χ4v) is 3.93. The topological polar surface area (TPSA) is 92.3 Å². The van der Waals surface area contributed by atoms with Crippen LogP contribution in [0, 0.1) is 13.8 Å². The zero-order valence-corrected chi connectivity index (χ0v) is 18.2. The van der Waals surface area contributed by atoms with Crippen LogP contribution in [0.3, 0.4) is 0 Å². The normalized spacial score (nSPS) is 10.8. The first-order chi connectivity index (χ1) is 14.5. The number of carbonyl (C=O) groups is 2. The van der Waals surface area contributed by atoms with Gasteiger partial charge in [-0.25, -0.2) is 9.78 Å².